The molecule has 0 bridgehead atoms. The molecule has 84 valence electrons. The lowest BCUT2D eigenvalue weighted by molar-refractivity contribution is -0.135. The fourth-order valence-electron chi connectivity index (χ4n) is 1.21. The van der Waals surface area contributed by atoms with Gasteiger partial charge in [-0.1, -0.05) is 0 Å². The molecule has 1 aliphatic rings. The lowest BCUT2D eigenvalue weighted by atomic mass is 10.1. The zero-order chi connectivity index (χ0) is 11.1. The van der Waals surface area contributed by atoms with Gasteiger partial charge in [-0.25, -0.2) is 4.79 Å². The van der Waals surface area contributed by atoms with E-state index in [1.165, 1.54) is 20.4 Å². The molecule has 0 atom stereocenters. The van der Waals surface area contributed by atoms with Gasteiger partial charge < -0.3 is 9.47 Å². The second-order valence-electron chi connectivity index (χ2n) is 3.02. The van der Waals surface area contributed by atoms with Crippen molar-refractivity contribution in [1.29, 1.82) is 0 Å². The second-order valence-corrected chi connectivity index (χ2v) is 3.02. The van der Waals surface area contributed by atoms with E-state index in [-0.39, 0.29) is 0 Å². The highest BCUT2D eigenvalue weighted by Gasteiger charge is 2.12. The van der Waals surface area contributed by atoms with E-state index >= 15 is 0 Å². The molecule has 1 N–H and O–H groups in total. The predicted octanol–water partition coefficient (Wildman–Crippen LogP) is 0.541. The van der Waals surface area contributed by atoms with Crippen LogP contribution in [0.15, 0.2) is 23.4 Å². The van der Waals surface area contributed by atoms with Gasteiger partial charge in [-0.15, -0.1) is 0 Å². The highest BCUT2D eigenvalue weighted by Crippen LogP contribution is 2.14. The van der Waals surface area contributed by atoms with Crippen molar-refractivity contribution in [1.82, 2.24) is 5.48 Å². The standard InChI is InChI=1S/C10H15NO4/c1-13-10(12)9(6-11-14-2)5-8-3-4-15-7-8/h5-6,11H,3-4,7H2,1-2H3/b8-5+,9-6+. The molecule has 0 aliphatic carbocycles. The first-order chi connectivity index (χ1) is 7.27. The van der Waals surface area contributed by atoms with Crippen molar-refractivity contribution in [3.05, 3.63) is 23.4 Å². The largest absolute Gasteiger partial charge is 0.465 e. The van der Waals surface area contributed by atoms with E-state index in [9.17, 15) is 4.79 Å². The summed E-state index contributed by atoms with van der Waals surface area (Å²) in [7, 11) is 2.81. The molecule has 1 rings (SSSR count). The quantitative estimate of drug-likeness (QED) is 0.419. The van der Waals surface area contributed by atoms with E-state index in [0.717, 1.165) is 12.0 Å². The van der Waals surface area contributed by atoms with E-state index in [1.54, 1.807) is 6.08 Å². The Morgan fingerprint density at radius 1 is 1.53 bits per heavy atom. The SMILES string of the molecule is CON/C=C(\C=C1/CCOC1)C(=O)OC. The molecule has 1 fully saturated rings. The van der Waals surface area contributed by atoms with E-state index < -0.39 is 5.97 Å². The minimum Gasteiger partial charge on any atom is -0.465 e. The average Bonchev–Trinajstić information content (AvgIpc) is 2.75. The van der Waals surface area contributed by atoms with Crippen LogP contribution in [0.1, 0.15) is 6.42 Å². The van der Waals surface area contributed by atoms with Crippen LogP contribution in [0.3, 0.4) is 0 Å². The molecular formula is C10H15NO4. The molecule has 1 aliphatic heterocycles. The predicted molar refractivity (Wildman–Crippen MR) is 53.8 cm³/mol. The van der Waals surface area contributed by atoms with Crippen LogP contribution in [0.4, 0.5) is 0 Å². The van der Waals surface area contributed by atoms with Gasteiger partial charge >= 0.3 is 5.97 Å². The Morgan fingerprint density at radius 2 is 2.33 bits per heavy atom. The second kappa shape index (κ2) is 6.21. The summed E-state index contributed by atoms with van der Waals surface area (Å²) in [6.07, 6.45) is 4.06. The van der Waals surface area contributed by atoms with Gasteiger partial charge in [0.2, 0.25) is 0 Å². The summed E-state index contributed by atoms with van der Waals surface area (Å²) >= 11 is 0. The van der Waals surface area contributed by atoms with E-state index in [0.29, 0.717) is 18.8 Å². The van der Waals surface area contributed by atoms with Crippen LogP contribution in [0.5, 0.6) is 0 Å². The van der Waals surface area contributed by atoms with Crippen molar-refractivity contribution in [3.63, 3.8) is 0 Å². The van der Waals surface area contributed by atoms with Crippen molar-refractivity contribution in [2.75, 3.05) is 27.4 Å². The van der Waals surface area contributed by atoms with E-state index in [1.807, 2.05) is 0 Å². The number of esters is 1. The number of rotatable bonds is 4. The van der Waals surface area contributed by atoms with Crippen LogP contribution in [0.2, 0.25) is 0 Å². The summed E-state index contributed by atoms with van der Waals surface area (Å²) in [6, 6.07) is 0. The van der Waals surface area contributed by atoms with Gasteiger partial charge in [0.15, 0.2) is 0 Å². The van der Waals surface area contributed by atoms with Crippen LogP contribution in [0, 0.1) is 0 Å². The maximum absolute atomic E-state index is 11.3. The van der Waals surface area contributed by atoms with Gasteiger partial charge in [0.25, 0.3) is 0 Å². The highest BCUT2D eigenvalue weighted by molar-refractivity contribution is 5.91. The van der Waals surface area contributed by atoms with Gasteiger partial charge in [-0.05, 0) is 18.1 Å². The molecule has 0 aromatic carbocycles. The zero-order valence-corrected chi connectivity index (χ0v) is 8.91. The molecule has 0 aromatic rings. The molecule has 1 saturated heterocycles. The van der Waals surface area contributed by atoms with Crippen LogP contribution in [0.25, 0.3) is 0 Å². The van der Waals surface area contributed by atoms with Crippen molar-refractivity contribution < 1.29 is 19.1 Å². The Balaban J connectivity index is 2.71. The molecule has 1 heterocycles. The minimum absolute atomic E-state index is 0.404. The molecule has 0 aromatic heterocycles. The van der Waals surface area contributed by atoms with Gasteiger partial charge in [0.1, 0.15) is 0 Å². The van der Waals surface area contributed by atoms with E-state index in [2.05, 4.69) is 15.1 Å². The molecular weight excluding hydrogens is 198 g/mol. The summed E-state index contributed by atoms with van der Waals surface area (Å²) < 4.78 is 9.81. The van der Waals surface area contributed by atoms with Gasteiger partial charge in [-0.2, -0.15) is 0 Å². The number of carbonyl (C=O) groups excluding carboxylic acids is 1. The lowest BCUT2D eigenvalue weighted by Gasteiger charge is -2.02. The normalized spacial score (nSPS) is 19.3. The maximum Gasteiger partial charge on any atom is 0.339 e. The summed E-state index contributed by atoms with van der Waals surface area (Å²) in [4.78, 5) is 16.0. The number of nitrogens with one attached hydrogen (secondary N) is 1. The fraction of sp³-hybridized carbons (Fsp3) is 0.500. The number of carbonyl (C=O) groups is 1. The lowest BCUT2D eigenvalue weighted by Crippen LogP contribution is -2.10. The first-order valence-electron chi connectivity index (χ1n) is 4.62. The minimum atomic E-state index is -0.404. The van der Waals surface area contributed by atoms with Crippen molar-refractivity contribution in [2.45, 2.75) is 6.42 Å². The van der Waals surface area contributed by atoms with Gasteiger partial charge in [0, 0.05) is 6.20 Å². The Bertz CT molecular complexity index is 275. The smallest absolute Gasteiger partial charge is 0.339 e. The molecule has 15 heavy (non-hydrogen) atoms. The van der Waals surface area contributed by atoms with Crippen molar-refractivity contribution in [3.8, 4) is 0 Å². The molecule has 0 radical (unpaired) electrons. The number of hydroxylamine groups is 1. The Kier molecular flexibility index (Phi) is 4.86. The Hall–Kier alpha value is -1.33. The monoisotopic (exact) mass is 213 g/mol. The summed E-state index contributed by atoms with van der Waals surface area (Å²) in [5.41, 5.74) is 3.98. The molecule has 5 nitrogen and oxygen atoms in total. The summed E-state index contributed by atoms with van der Waals surface area (Å²) in [6.45, 7) is 1.28. The fourth-order valence-corrected chi connectivity index (χ4v) is 1.21. The van der Waals surface area contributed by atoms with Crippen LogP contribution < -0.4 is 5.48 Å². The molecule has 0 spiro atoms. The highest BCUT2D eigenvalue weighted by atomic mass is 16.6. The Morgan fingerprint density at radius 3 is 2.87 bits per heavy atom. The van der Waals surface area contributed by atoms with Gasteiger partial charge in [0.05, 0.1) is 33.0 Å². The molecule has 5 heteroatoms. The third kappa shape index (κ3) is 3.73. The number of ether oxygens (including phenoxy) is 2. The zero-order valence-electron chi connectivity index (χ0n) is 8.91. The molecule has 0 unspecified atom stereocenters. The molecule has 0 amide bonds. The van der Waals surface area contributed by atoms with E-state index in [4.69, 9.17) is 4.74 Å². The third-order valence-corrected chi connectivity index (χ3v) is 1.97. The first kappa shape index (κ1) is 11.7. The topological polar surface area (TPSA) is 56.8 Å². The number of methoxy groups -OCH3 is 1. The van der Waals surface area contributed by atoms with Crippen LogP contribution >= 0.6 is 0 Å². The van der Waals surface area contributed by atoms with Gasteiger partial charge in [-0.3, -0.25) is 10.3 Å². The van der Waals surface area contributed by atoms with Crippen LogP contribution in [-0.2, 0) is 19.1 Å². The maximum atomic E-state index is 11.3. The van der Waals surface area contributed by atoms with Crippen molar-refractivity contribution >= 4 is 5.97 Å². The summed E-state index contributed by atoms with van der Waals surface area (Å²) in [5, 5.41) is 0. The number of hydrogen-bond acceptors (Lipinski definition) is 5. The third-order valence-electron chi connectivity index (χ3n) is 1.97. The molecule has 0 saturated carbocycles. The van der Waals surface area contributed by atoms with Crippen molar-refractivity contribution in [2.24, 2.45) is 0 Å². The summed E-state index contributed by atoms with van der Waals surface area (Å²) in [5.74, 6) is -0.404. The van der Waals surface area contributed by atoms with Crippen LogP contribution in [-0.4, -0.2) is 33.4 Å². The number of hydrogen-bond donors (Lipinski definition) is 1. The average molecular weight is 213 g/mol. The Labute approximate surface area is 88.6 Å². The first-order valence-corrected chi connectivity index (χ1v) is 4.62.